The molecule has 0 heterocycles. The van der Waals surface area contributed by atoms with E-state index in [-0.39, 0.29) is 0 Å². The summed E-state index contributed by atoms with van der Waals surface area (Å²) in [6.45, 7) is 3.34. The molecule has 0 aromatic heterocycles. The molecule has 1 aliphatic carbocycles. The lowest BCUT2D eigenvalue weighted by atomic mass is 9.70. The zero-order valence-electron chi connectivity index (χ0n) is 12.5. The van der Waals surface area contributed by atoms with E-state index in [0.717, 1.165) is 17.5 Å². The maximum atomic E-state index is 6.46. The summed E-state index contributed by atoms with van der Waals surface area (Å²) in [6, 6.07) is 6.08. The predicted octanol–water partition coefficient (Wildman–Crippen LogP) is 5.51. The third-order valence-corrected chi connectivity index (χ3v) is 5.48. The Bertz CT molecular complexity index is 433. The zero-order valence-corrected chi connectivity index (χ0v) is 14.0. The van der Waals surface area contributed by atoms with Crippen LogP contribution in [0, 0.1) is 11.8 Å². The maximum Gasteiger partial charge on any atom is 0.0627 e. The van der Waals surface area contributed by atoms with E-state index in [1.54, 1.807) is 0 Å². The smallest absolute Gasteiger partial charge is 0.0627 e. The summed E-state index contributed by atoms with van der Waals surface area (Å²) >= 11 is 12.7. The van der Waals surface area contributed by atoms with Crippen LogP contribution in [-0.4, -0.2) is 13.6 Å². The van der Waals surface area contributed by atoms with Gasteiger partial charge in [-0.05, 0) is 55.8 Å². The quantitative estimate of drug-likeness (QED) is 0.755. The Morgan fingerprint density at radius 1 is 1.25 bits per heavy atom. The Kier molecular flexibility index (Phi) is 6.20. The molecule has 1 N–H and O–H groups in total. The van der Waals surface area contributed by atoms with Gasteiger partial charge in [-0.2, -0.15) is 0 Å². The molecule has 0 aliphatic heterocycles. The predicted molar refractivity (Wildman–Crippen MR) is 88.9 cm³/mol. The van der Waals surface area contributed by atoms with E-state index >= 15 is 0 Å². The summed E-state index contributed by atoms with van der Waals surface area (Å²) in [5, 5.41) is 4.79. The normalized spacial score (nSPS) is 26.7. The Balaban J connectivity index is 2.24. The highest BCUT2D eigenvalue weighted by atomic mass is 35.5. The number of nitrogens with one attached hydrogen (secondary N) is 1. The van der Waals surface area contributed by atoms with Gasteiger partial charge in [-0.3, -0.25) is 0 Å². The van der Waals surface area contributed by atoms with Crippen LogP contribution in [0.1, 0.15) is 50.5 Å². The van der Waals surface area contributed by atoms with Crippen LogP contribution in [0.5, 0.6) is 0 Å². The number of rotatable bonds is 5. The highest BCUT2D eigenvalue weighted by Crippen LogP contribution is 2.45. The van der Waals surface area contributed by atoms with Crippen molar-refractivity contribution in [2.45, 2.75) is 44.9 Å². The second-order valence-corrected chi connectivity index (χ2v) is 6.82. The van der Waals surface area contributed by atoms with Crippen molar-refractivity contribution in [3.8, 4) is 0 Å². The molecule has 1 saturated carbocycles. The Morgan fingerprint density at radius 3 is 2.75 bits per heavy atom. The molecule has 0 saturated heterocycles. The van der Waals surface area contributed by atoms with Gasteiger partial charge in [0.25, 0.3) is 0 Å². The Hall–Kier alpha value is -0.240. The van der Waals surface area contributed by atoms with Crippen LogP contribution in [0.3, 0.4) is 0 Å². The highest BCUT2D eigenvalue weighted by Gasteiger charge is 2.32. The number of hydrogen-bond acceptors (Lipinski definition) is 1. The second-order valence-electron chi connectivity index (χ2n) is 6.04. The fourth-order valence-electron chi connectivity index (χ4n) is 3.69. The van der Waals surface area contributed by atoms with Gasteiger partial charge in [-0.15, -0.1) is 0 Å². The van der Waals surface area contributed by atoms with Crippen LogP contribution >= 0.6 is 23.2 Å². The molecule has 1 fully saturated rings. The monoisotopic (exact) mass is 313 g/mol. The molecule has 3 unspecified atom stereocenters. The van der Waals surface area contributed by atoms with E-state index < -0.39 is 0 Å². The lowest BCUT2D eigenvalue weighted by Crippen LogP contribution is -2.30. The van der Waals surface area contributed by atoms with E-state index in [9.17, 15) is 0 Å². The SMILES string of the molecule is CCCC1CCC(CNC)C(c2cccc(Cl)c2Cl)C1. The fourth-order valence-corrected chi connectivity index (χ4v) is 4.13. The van der Waals surface area contributed by atoms with Gasteiger partial charge in [0.05, 0.1) is 10.0 Å². The van der Waals surface area contributed by atoms with Gasteiger partial charge in [0.2, 0.25) is 0 Å². The molecule has 3 atom stereocenters. The van der Waals surface area contributed by atoms with Crippen molar-refractivity contribution in [1.29, 1.82) is 0 Å². The maximum absolute atomic E-state index is 6.46. The van der Waals surface area contributed by atoms with Crippen LogP contribution in [0.4, 0.5) is 0 Å². The van der Waals surface area contributed by atoms with Crippen molar-refractivity contribution in [3.05, 3.63) is 33.8 Å². The standard InChI is InChI=1S/C17H25Cl2N/c1-3-5-12-8-9-13(11-20-2)15(10-12)14-6-4-7-16(18)17(14)19/h4,6-7,12-13,15,20H,3,5,8-11H2,1-2H3. The topological polar surface area (TPSA) is 12.0 Å². The summed E-state index contributed by atoms with van der Waals surface area (Å²) in [4.78, 5) is 0. The molecule has 112 valence electrons. The van der Waals surface area contributed by atoms with Gasteiger partial charge in [-0.1, -0.05) is 61.5 Å². The average Bonchev–Trinajstić information content (AvgIpc) is 2.44. The van der Waals surface area contributed by atoms with Crippen LogP contribution in [-0.2, 0) is 0 Å². The first-order valence-corrected chi connectivity index (χ1v) is 8.51. The van der Waals surface area contributed by atoms with Gasteiger partial charge >= 0.3 is 0 Å². The van der Waals surface area contributed by atoms with Crippen LogP contribution in [0.15, 0.2) is 18.2 Å². The van der Waals surface area contributed by atoms with E-state index in [0.29, 0.717) is 16.9 Å². The Morgan fingerprint density at radius 2 is 2.05 bits per heavy atom. The number of benzene rings is 1. The molecule has 1 aliphatic rings. The molecule has 20 heavy (non-hydrogen) atoms. The van der Waals surface area contributed by atoms with Crippen LogP contribution < -0.4 is 5.32 Å². The second kappa shape index (κ2) is 7.68. The van der Waals surface area contributed by atoms with Crippen molar-refractivity contribution < 1.29 is 0 Å². The average molecular weight is 314 g/mol. The molecule has 0 spiro atoms. The molecular weight excluding hydrogens is 289 g/mol. The van der Waals surface area contributed by atoms with E-state index in [1.165, 1.54) is 37.7 Å². The van der Waals surface area contributed by atoms with E-state index in [1.807, 2.05) is 19.2 Å². The molecule has 0 radical (unpaired) electrons. The molecule has 0 amide bonds. The number of halogens is 2. The minimum Gasteiger partial charge on any atom is -0.319 e. The minimum absolute atomic E-state index is 0.541. The summed E-state index contributed by atoms with van der Waals surface area (Å²) in [6.07, 6.45) is 6.51. The summed E-state index contributed by atoms with van der Waals surface area (Å²) < 4.78 is 0. The lowest BCUT2D eigenvalue weighted by molar-refractivity contribution is 0.223. The zero-order chi connectivity index (χ0) is 14.5. The first-order chi connectivity index (χ1) is 9.67. The van der Waals surface area contributed by atoms with Crippen molar-refractivity contribution >= 4 is 23.2 Å². The summed E-state index contributed by atoms with van der Waals surface area (Å²) in [7, 11) is 2.04. The van der Waals surface area contributed by atoms with Crippen molar-refractivity contribution in [1.82, 2.24) is 5.32 Å². The van der Waals surface area contributed by atoms with Gasteiger partial charge in [0, 0.05) is 0 Å². The molecule has 0 bridgehead atoms. The first kappa shape index (κ1) is 16.1. The molecular formula is C17H25Cl2N. The van der Waals surface area contributed by atoms with Crippen molar-refractivity contribution in [2.75, 3.05) is 13.6 Å². The first-order valence-electron chi connectivity index (χ1n) is 7.75. The Labute approximate surface area is 133 Å². The lowest BCUT2D eigenvalue weighted by Gasteiger charge is -2.37. The van der Waals surface area contributed by atoms with Crippen molar-refractivity contribution in [2.24, 2.45) is 11.8 Å². The molecule has 1 aromatic rings. The molecule has 3 heteroatoms. The molecule has 2 rings (SSSR count). The van der Waals surface area contributed by atoms with E-state index in [4.69, 9.17) is 23.2 Å². The van der Waals surface area contributed by atoms with Crippen LogP contribution in [0.25, 0.3) is 0 Å². The minimum atomic E-state index is 0.541. The van der Waals surface area contributed by atoms with Crippen LogP contribution in [0.2, 0.25) is 10.0 Å². The fraction of sp³-hybridized carbons (Fsp3) is 0.647. The van der Waals surface area contributed by atoms with Gasteiger partial charge in [0.15, 0.2) is 0 Å². The van der Waals surface area contributed by atoms with E-state index in [2.05, 4.69) is 18.3 Å². The van der Waals surface area contributed by atoms with Gasteiger partial charge in [-0.25, -0.2) is 0 Å². The summed E-state index contributed by atoms with van der Waals surface area (Å²) in [5.41, 5.74) is 1.25. The van der Waals surface area contributed by atoms with Gasteiger partial charge in [0.1, 0.15) is 0 Å². The summed E-state index contributed by atoms with van der Waals surface area (Å²) in [5.74, 6) is 2.05. The highest BCUT2D eigenvalue weighted by molar-refractivity contribution is 6.42. The molecule has 1 nitrogen and oxygen atoms in total. The van der Waals surface area contributed by atoms with Crippen molar-refractivity contribution in [3.63, 3.8) is 0 Å². The number of hydrogen-bond donors (Lipinski definition) is 1. The third-order valence-electron chi connectivity index (χ3n) is 4.65. The largest absolute Gasteiger partial charge is 0.319 e. The molecule has 1 aromatic carbocycles. The third kappa shape index (κ3) is 3.69. The van der Waals surface area contributed by atoms with Gasteiger partial charge < -0.3 is 5.32 Å².